The summed E-state index contributed by atoms with van der Waals surface area (Å²) >= 11 is 0. The molecule has 1 N–H and O–H groups in total. The average molecular weight is 219 g/mol. The van der Waals surface area contributed by atoms with Crippen molar-refractivity contribution < 1.29 is 4.79 Å². The van der Waals surface area contributed by atoms with Gasteiger partial charge in [0.15, 0.2) is 0 Å². The van der Waals surface area contributed by atoms with Crippen LogP contribution < -0.4 is 5.32 Å². The number of carbonyl (C=O) groups excluding carboxylic acids is 1. The third-order valence-electron chi connectivity index (χ3n) is 2.41. The van der Waals surface area contributed by atoms with Crippen LogP contribution >= 0.6 is 0 Å². The second-order valence-corrected chi connectivity index (χ2v) is 3.47. The Labute approximate surface area is 92.9 Å². The molecule has 16 heavy (non-hydrogen) atoms. The first kappa shape index (κ1) is 10.4. The lowest BCUT2D eigenvalue weighted by atomic mass is 10.3. The topological polar surface area (TPSA) is 64.7 Å². The highest BCUT2D eigenvalue weighted by Gasteiger charge is 2.09. The minimum atomic E-state index is -0.138. The van der Waals surface area contributed by atoms with Gasteiger partial charge in [0.1, 0.15) is 5.69 Å². The van der Waals surface area contributed by atoms with Gasteiger partial charge in [-0.25, -0.2) is 0 Å². The second-order valence-electron chi connectivity index (χ2n) is 3.47. The van der Waals surface area contributed by atoms with Crippen molar-refractivity contribution in [1.82, 2.24) is 24.9 Å². The molecule has 1 amide bonds. The van der Waals surface area contributed by atoms with Crippen molar-refractivity contribution in [1.29, 1.82) is 0 Å². The standard InChI is InChI=1S/C10H13N5O/c1-14-8(3-5-12-14)7-11-10(16)9-4-6-13-15(9)2/h3-6H,7H2,1-2H3,(H,11,16). The van der Waals surface area contributed by atoms with Gasteiger partial charge in [-0.15, -0.1) is 0 Å². The summed E-state index contributed by atoms with van der Waals surface area (Å²) in [5, 5.41) is 10.8. The molecule has 2 rings (SSSR count). The van der Waals surface area contributed by atoms with Gasteiger partial charge in [0, 0.05) is 26.5 Å². The van der Waals surface area contributed by atoms with Crippen LogP contribution in [0.15, 0.2) is 24.5 Å². The summed E-state index contributed by atoms with van der Waals surface area (Å²) in [4.78, 5) is 11.7. The Morgan fingerprint density at radius 2 is 1.94 bits per heavy atom. The molecule has 2 aromatic heterocycles. The van der Waals surface area contributed by atoms with Gasteiger partial charge in [-0.3, -0.25) is 14.2 Å². The van der Waals surface area contributed by atoms with E-state index in [-0.39, 0.29) is 5.91 Å². The van der Waals surface area contributed by atoms with Crippen molar-refractivity contribution in [3.63, 3.8) is 0 Å². The predicted molar refractivity (Wildman–Crippen MR) is 57.6 cm³/mol. The number of nitrogens with zero attached hydrogens (tertiary/aromatic N) is 4. The molecule has 0 saturated heterocycles. The number of rotatable bonds is 3. The number of aryl methyl sites for hydroxylation is 2. The first-order valence-electron chi connectivity index (χ1n) is 4.91. The van der Waals surface area contributed by atoms with Crippen LogP contribution in [0.25, 0.3) is 0 Å². The summed E-state index contributed by atoms with van der Waals surface area (Å²) in [6, 6.07) is 3.54. The quantitative estimate of drug-likeness (QED) is 0.795. The molecule has 0 unspecified atom stereocenters. The van der Waals surface area contributed by atoms with E-state index in [1.54, 1.807) is 34.9 Å². The smallest absolute Gasteiger partial charge is 0.269 e. The van der Waals surface area contributed by atoms with E-state index in [1.165, 1.54) is 0 Å². The fourth-order valence-electron chi connectivity index (χ4n) is 1.43. The number of amides is 1. The zero-order chi connectivity index (χ0) is 11.5. The van der Waals surface area contributed by atoms with E-state index in [9.17, 15) is 4.79 Å². The lowest BCUT2D eigenvalue weighted by Gasteiger charge is -2.05. The molecule has 6 nitrogen and oxygen atoms in total. The van der Waals surface area contributed by atoms with Crippen molar-refractivity contribution >= 4 is 5.91 Å². The summed E-state index contributed by atoms with van der Waals surface area (Å²) in [6.07, 6.45) is 3.30. The SMILES string of the molecule is Cn1nccc1CNC(=O)c1ccnn1C. The minimum Gasteiger partial charge on any atom is -0.345 e. The molecule has 2 aromatic rings. The highest BCUT2D eigenvalue weighted by atomic mass is 16.2. The van der Waals surface area contributed by atoms with Crippen LogP contribution in [0.5, 0.6) is 0 Å². The van der Waals surface area contributed by atoms with Crippen LogP contribution in [0.1, 0.15) is 16.2 Å². The number of carbonyl (C=O) groups is 1. The van der Waals surface area contributed by atoms with Crippen LogP contribution in [0.4, 0.5) is 0 Å². The minimum absolute atomic E-state index is 0.138. The number of nitrogens with one attached hydrogen (secondary N) is 1. The maximum absolute atomic E-state index is 11.7. The van der Waals surface area contributed by atoms with E-state index >= 15 is 0 Å². The van der Waals surface area contributed by atoms with E-state index in [2.05, 4.69) is 15.5 Å². The predicted octanol–water partition coefficient (Wildman–Crippen LogP) is 0.0836. The van der Waals surface area contributed by atoms with Gasteiger partial charge in [-0.1, -0.05) is 0 Å². The molecule has 0 atom stereocenters. The maximum Gasteiger partial charge on any atom is 0.269 e. The third-order valence-corrected chi connectivity index (χ3v) is 2.41. The summed E-state index contributed by atoms with van der Waals surface area (Å²) in [7, 11) is 3.57. The van der Waals surface area contributed by atoms with Crippen LogP contribution in [-0.4, -0.2) is 25.5 Å². The van der Waals surface area contributed by atoms with E-state index in [0.29, 0.717) is 12.2 Å². The fourth-order valence-corrected chi connectivity index (χ4v) is 1.43. The van der Waals surface area contributed by atoms with E-state index in [0.717, 1.165) is 5.69 Å². The monoisotopic (exact) mass is 219 g/mol. The van der Waals surface area contributed by atoms with Gasteiger partial charge in [0.05, 0.1) is 12.2 Å². The molecule has 0 aliphatic carbocycles. The molecule has 0 aromatic carbocycles. The first-order valence-corrected chi connectivity index (χ1v) is 4.91. The van der Waals surface area contributed by atoms with Crippen LogP contribution in [0.3, 0.4) is 0 Å². The van der Waals surface area contributed by atoms with Crippen molar-refractivity contribution in [2.24, 2.45) is 14.1 Å². The Morgan fingerprint density at radius 1 is 1.25 bits per heavy atom. The van der Waals surface area contributed by atoms with E-state index < -0.39 is 0 Å². The number of hydrogen-bond donors (Lipinski definition) is 1. The zero-order valence-corrected chi connectivity index (χ0v) is 9.21. The Morgan fingerprint density at radius 3 is 2.50 bits per heavy atom. The van der Waals surface area contributed by atoms with E-state index in [4.69, 9.17) is 0 Å². The van der Waals surface area contributed by atoms with Crippen molar-refractivity contribution in [3.8, 4) is 0 Å². The van der Waals surface area contributed by atoms with Crippen LogP contribution in [0.2, 0.25) is 0 Å². The van der Waals surface area contributed by atoms with Gasteiger partial charge >= 0.3 is 0 Å². The molecule has 0 spiro atoms. The first-order chi connectivity index (χ1) is 7.68. The summed E-state index contributed by atoms with van der Waals surface area (Å²) in [5.41, 5.74) is 1.50. The van der Waals surface area contributed by atoms with Crippen LogP contribution in [0, 0.1) is 0 Å². The molecule has 84 valence electrons. The zero-order valence-electron chi connectivity index (χ0n) is 9.21. The normalized spacial score (nSPS) is 10.4. The van der Waals surface area contributed by atoms with E-state index in [1.807, 2.05) is 13.1 Å². The van der Waals surface area contributed by atoms with Crippen molar-refractivity contribution in [2.75, 3.05) is 0 Å². The second kappa shape index (κ2) is 4.18. The molecule has 0 bridgehead atoms. The van der Waals surface area contributed by atoms with Gasteiger partial charge in [-0.2, -0.15) is 10.2 Å². The third kappa shape index (κ3) is 1.95. The number of aromatic nitrogens is 4. The Hall–Kier alpha value is -2.11. The lowest BCUT2D eigenvalue weighted by Crippen LogP contribution is -2.26. The molecule has 0 aliphatic rings. The Kier molecular flexibility index (Phi) is 2.72. The average Bonchev–Trinajstić information content (AvgIpc) is 2.84. The molecular formula is C10H13N5O. The van der Waals surface area contributed by atoms with Crippen molar-refractivity contribution in [2.45, 2.75) is 6.54 Å². The Bertz CT molecular complexity index is 499. The fraction of sp³-hybridized carbons (Fsp3) is 0.300. The summed E-state index contributed by atoms with van der Waals surface area (Å²) in [5.74, 6) is -0.138. The van der Waals surface area contributed by atoms with Gasteiger partial charge in [0.2, 0.25) is 0 Å². The number of hydrogen-bond acceptors (Lipinski definition) is 3. The van der Waals surface area contributed by atoms with Gasteiger partial charge in [0.25, 0.3) is 5.91 Å². The molecule has 6 heteroatoms. The lowest BCUT2D eigenvalue weighted by molar-refractivity contribution is 0.0940. The molecule has 0 fully saturated rings. The maximum atomic E-state index is 11.7. The molecule has 0 aliphatic heterocycles. The summed E-state index contributed by atoms with van der Waals surface area (Å²) in [6.45, 7) is 0.459. The molecule has 0 radical (unpaired) electrons. The molecule has 2 heterocycles. The molecule has 0 saturated carbocycles. The largest absolute Gasteiger partial charge is 0.345 e. The van der Waals surface area contributed by atoms with Gasteiger partial charge < -0.3 is 5.32 Å². The Balaban J connectivity index is 1.99. The highest BCUT2D eigenvalue weighted by molar-refractivity contribution is 5.92. The summed E-state index contributed by atoms with van der Waals surface area (Å²) < 4.78 is 3.27. The van der Waals surface area contributed by atoms with Crippen LogP contribution in [-0.2, 0) is 20.6 Å². The van der Waals surface area contributed by atoms with Gasteiger partial charge in [-0.05, 0) is 12.1 Å². The van der Waals surface area contributed by atoms with Crippen molar-refractivity contribution in [3.05, 3.63) is 35.9 Å². The highest BCUT2D eigenvalue weighted by Crippen LogP contribution is 1.99. The molecular weight excluding hydrogens is 206 g/mol.